The van der Waals surface area contributed by atoms with E-state index >= 15 is 0 Å². The van der Waals surface area contributed by atoms with Crippen LogP contribution in [0.1, 0.15) is 21.6 Å². The predicted molar refractivity (Wildman–Crippen MR) is 117 cm³/mol. The first-order chi connectivity index (χ1) is 14.6. The summed E-state index contributed by atoms with van der Waals surface area (Å²) in [6, 6.07) is 14.7. The van der Waals surface area contributed by atoms with Gasteiger partial charge in [0.1, 0.15) is 0 Å². The molecule has 0 spiro atoms. The molecule has 0 saturated carbocycles. The lowest BCUT2D eigenvalue weighted by Crippen LogP contribution is -2.12. The van der Waals surface area contributed by atoms with Crippen molar-refractivity contribution in [1.29, 1.82) is 0 Å². The Kier molecular flexibility index (Phi) is 5.43. The number of carbonyl (C=O) groups is 1. The number of hydrogen-bond donors (Lipinski definition) is 2. The number of amides is 1. The summed E-state index contributed by atoms with van der Waals surface area (Å²) in [5.74, 6) is 0.276. The van der Waals surface area contributed by atoms with E-state index in [0.29, 0.717) is 17.2 Å². The summed E-state index contributed by atoms with van der Waals surface area (Å²) in [5.41, 5.74) is 5.52. The number of pyridine rings is 2. The Morgan fingerprint density at radius 3 is 2.60 bits per heavy atom. The number of anilines is 3. The third-order valence-corrected chi connectivity index (χ3v) is 4.51. The van der Waals surface area contributed by atoms with Crippen LogP contribution in [0.5, 0.6) is 0 Å². The van der Waals surface area contributed by atoms with Crippen molar-refractivity contribution in [3.8, 4) is 11.3 Å². The fourth-order valence-electron chi connectivity index (χ4n) is 2.94. The molecule has 0 fully saturated rings. The highest BCUT2D eigenvalue weighted by molar-refractivity contribution is 6.04. The molecule has 148 valence electrons. The zero-order valence-electron chi connectivity index (χ0n) is 16.6. The van der Waals surface area contributed by atoms with Gasteiger partial charge in [-0.05, 0) is 61.9 Å². The van der Waals surface area contributed by atoms with Crippen molar-refractivity contribution < 1.29 is 4.79 Å². The van der Waals surface area contributed by atoms with E-state index in [2.05, 4.69) is 30.6 Å². The molecule has 4 aromatic rings. The lowest BCUT2D eigenvalue weighted by Gasteiger charge is -2.12. The van der Waals surface area contributed by atoms with Gasteiger partial charge >= 0.3 is 0 Å². The normalized spacial score (nSPS) is 10.5. The van der Waals surface area contributed by atoms with Gasteiger partial charge in [0.2, 0.25) is 5.95 Å². The van der Waals surface area contributed by atoms with E-state index in [1.165, 1.54) is 0 Å². The molecule has 30 heavy (non-hydrogen) atoms. The molecule has 7 heteroatoms. The SMILES string of the molecule is Cc1cc(C(=O)Nc2ccc(C)c(Nc3nccc(-c4cccnc4)n3)c2)ccn1. The Balaban J connectivity index is 1.55. The van der Waals surface area contributed by atoms with E-state index in [1.54, 1.807) is 36.9 Å². The van der Waals surface area contributed by atoms with Crippen LogP contribution in [0.25, 0.3) is 11.3 Å². The highest BCUT2D eigenvalue weighted by atomic mass is 16.1. The van der Waals surface area contributed by atoms with Crippen molar-refractivity contribution in [3.05, 3.63) is 90.1 Å². The molecule has 0 aliphatic carbocycles. The van der Waals surface area contributed by atoms with E-state index in [-0.39, 0.29) is 5.91 Å². The molecule has 0 radical (unpaired) electrons. The Morgan fingerprint density at radius 1 is 0.933 bits per heavy atom. The van der Waals surface area contributed by atoms with Crippen molar-refractivity contribution in [2.75, 3.05) is 10.6 Å². The standard InChI is InChI=1S/C23H20N6O/c1-15-5-6-19(27-22(30)17-7-10-25-16(2)12-17)13-21(15)29-23-26-11-8-20(28-23)18-4-3-9-24-14-18/h3-14H,1-2H3,(H,27,30)(H,26,28,29). The van der Waals surface area contributed by atoms with Gasteiger partial charge in [0.25, 0.3) is 5.91 Å². The molecular formula is C23H20N6O. The molecule has 2 N–H and O–H groups in total. The lowest BCUT2D eigenvalue weighted by atomic mass is 10.1. The van der Waals surface area contributed by atoms with Crippen LogP contribution in [0.3, 0.4) is 0 Å². The van der Waals surface area contributed by atoms with Crippen molar-refractivity contribution in [1.82, 2.24) is 19.9 Å². The zero-order valence-corrected chi connectivity index (χ0v) is 16.6. The first-order valence-electron chi connectivity index (χ1n) is 9.43. The van der Waals surface area contributed by atoms with Crippen molar-refractivity contribution >= 4 is 23.2 Å². The minimum Gasteiger partial charge on any atom is -0.324 e. The van der Waals surface area contributed by atoms with Crippen molar-refractivity contribution in [2.45, 2.75) is 13.8 Å². The minimum atomic E-state index is -0.190. The van der Waals surface area contributed by atoms with Gasteiger partial charge in [-0.3, -0.25) is 14.8 Å². The second-order valence-electron chi connectivity index (χ2n) is 6.80. The highest BCUT2D eigenvalue weighted by Crippen LogP contribution is 2.24. The molecule has 0 bridgehead atoms. The van der Waals surface area contributed by atoms with Crippen LogP contribution in [0.15, 0.2) is 73.3 Å². The summed E-state index contributed by atoms with van der Waals surface area (Å²) in [6.07, 6.45) is 6.80. The summed E-state index contributed by atoms with van der Waals surface area (Å²) in [7, 11) is 0. The summed E-state index contributed by atoms with van der Waals surface area (Å²) >= 11 is 0. The molecule has 0 atom stereocenters. The summed E-state index contributed by atoms with van der Waals surface area (Å²) < 4.78 is 0. The lowest BCUT2D eigenvalue weighted by molar-refractivity contribution is 0.102. The van der Waals surface area contributed by atoms with Crippen molar-refractivity contribution in [2.24, 2.45) is 0 Å². The van der Waals surface area contributed by atoms with E-state index in [4.69, 9.17) is 0 Å². The molecule has 3 heterocycles. The van der Waals surface area contributed by atoms with Gasteiger partial charge in [0.05, 0.1) is 5.69 Å². The van der Waals surface area contributed by atoms with Crippen LogP contribution >= 0.6 is 0 Å². The predicted octanol–water partition coefficient (Wildman–Crippen LogP) is 4.55. The molecule has 0 unspecified atom stereocenters. The van der Waals surface area contributed by atoms with Gasteiger partial charge in [0.15, 0.2) is 0 Å². The monoisotopic (exact) mass is 396 g/mol. The maximum Gasteiger partial charge on any atom is 0.255 e. The van der Waals surface area contributed by atoms with Gasteiger partial charge in [0, 0.05) is 53.0 Å². The van der Waals surface area contributed by atoms with Gasteiger partial charge in [-0.25, -0.2) is 9.97 Å². The molecule has 0 aliphatic heterocycles. The van der Waals surface area contributed by atoms with E-state index in [0.717, 1.165) is 28.2 Å². The molecule has 1 aromatic carbocycles. The number of benzene rings is 1. The Hall–Kier alpha value is -4.13. The van der Waals surface area contributed by atoms with Gasteiger partial charge in [-0.2, -0.15) is 0 Å². The number of hydrogen-bond acceptors (Lipinski definition) is 6. The summed E-state index contributed by atoms with van der Waals surface area (Å²) in [4.78, 5) is 29.7. The average Bonchev–Trinajstić information content (AvgIpc) is 2.77. The van der Waals surface area contributed by atoms with Crippen LogP contribution < -0.4 is 10.6 Å². The van der Waals surface area contributed by atoms with Gasteiger partial charge in [-0.1, -0.05) is 6.07 Å². The Morgan fingerprint density at radius 2 is 1.80 bits per heavy atom. The molecule has 7 nitrogen and oxygen atoms in total. The smallest absolute Gasteiger partial charge is 0.255 e. The van der Waals surface area contributed by atoms with E-state index in [1.807, 2.05) is 50.2 Å². The van der Waals surface area contributed by atoms with Crippen molar-refractivity contribution in [3.63, 3.8) is 0 Å². The molecule has 1 amide bonds. The van der Waals surface area contributed by atoms with E-state index < -0.39 is 0 Å². The van der Waals surface area contributed by atoms with Crippen LogP contribution in [-0.2, 0) is 0 Å². The number of nitrogens with zero attached hydrogens (tertiary/aromatic N) is 4. The second-order valence-corrected chi connectivity index (χ2v) is 6.80. The molecule has 0 saturated heterocycles. The van der Waals surface area contributed by atoms with Crippen LogP contribution in [0.4, 0.5) is 17.3 Å². The molecule has 3 aromatic heterocycles. The highest BCUT2D eigenvalue weighted by Gasteiger charge is 2.09. The van der Waals surface area contributed by atoms with Crippen LogP contribution in [0.2, 0.25) is 0 Å². The maximum absolute atomic E-state index is 12.5. The quantitative estimate of drug-likeness (QED) is 0.514. The maximum atomic E-state index is 12.5. The minimum absolute atomic E-state index is 0.190. The van der Waals surface area contributed by atoms with Gasteiger partial charge < -0.3 is 10.6 Å². The third-order valence-electron chi connectivity index (χ3n) is 4.51. The van der Waals surface area contributed by atoms with E-state index in [9.17, 15) is 4.79 Å². The van der Waals surface area contributed by atoms with Crippen LogP contribution in [-0.4, -0.2) is 25.8 Å². The fraction of sp³-hybridized carbons (Fsp3) is 0.0870. The third kappa shape index (κ3) is 4.47. The molecule has 4 rings (SSSR count). The second kappa shape index (κ2) is 8.48. The van der Waals surface area contributed by atoms with Crippen LogP contribution in [0, 0.1) is 13.8 Å². The fourth-order valence-corrected chi connectivity index (χ4v) is 2.94. The number of rotatable bonds is 5. The summed E-state index contributed by atoms with van der Waals surface area (Å²) in [5, 5.41) is 6.16. The Labute approximate surface area is 174 Å². The largest absolute Gasteiger partial charge is 0.324 e. The summed E-state index contributed by atoms with van der Waals surface area (Å²) in [6.45, 7) is 3.83. The first-order valence-corrected chi connectivity index (χ1v) is 9.43. The van der Waals surface area contributed by atoms with Gasteiger partial charge in [-0.15, -0.1) is 0 Å². The number of aromatic nitrogens is 4. The zero-order chi connectivity index (χ0) is 20.9. The molecular weight excluding hydrogens is 376 g/mol. The topological polar surface area (TPSA) is 92.7 Å². The number of nitrogens with one attached hydrogen (secondary N) is 2. The Bertz CT molecular complexity index is 1190. The number of aryl methyl sites for hydroxylation is 2. The number of carbonyl (C=O) groups excluding carboxylic acids is 1. The average molecular weight is 396 g/mol. The first kappa shape index (κ1) is 19.2. The molecule has 0 aliphatic rings.